The fraction of sp³-hybridized carbons (Fsp3) is 0.0625. The molecular formula is C16H16N2. The molecular weight excluding hydrogens is 220 g/mol. The van der Waals surface area contributed by atoms with Crippen molar-refractivity contribution < 1.29 is 0 Å². The summed E-state index contributed by atoms with van der Waals surface area (Å²) in [4.78, 5) is 0. The van der Waals surface area contributed by atoms with Crippen LogP contribution in [0.1, 0.15) is 11.1 Å². The number of nitrogens with zero attached hydrogens (tertiary/aromatic N) is 1. The van der Waals surface area contributed by atoms with E-state index in [4.69, 9.17) is 0 Å². The highest BCUT2D eigenvalue weighted by molar-refractivity contribution is 5.25. The molecule has 1 aromatic heterocycles. The maximum atomic E-state index is 3.60. The van der Waals surface area contributed by atoms with Crippen LogP contribution in [-0.2, 0) is 6.42 Å². The normalized spacial score (nSPS) is 9.33. The first-order chi connectivity index (χ1) is 8.95. The molecule has 0 saturated heterocycles. The van der Waals surface area contributed by atoms with Gasteiger partial charge in [0.25, 0.3) is 0 Å². The third kappa shape index (κ3) is 4.26. The molecule has 2 heteroatoms. The van der Waals surface area contributed by atoms with Crippen molar-refractivity contribution >= 4 is 0 Å². The monoisotopic (exact) mass is 236 g/mol. The van der Waals surface area contributed by atoms with Gasteiger partial charge >= 0.3 is 0 Å². The van der Waals surface area contributed by atoms with Crippen LogP contribution in [0, 0.1) is 0 Å². The van der Waals surface area contributed by atoms with Gasteiger partial charge in [-0.15, -0.1) is 0 Å². The van der Waals surface area contributed by atoms with Gasteiger partial charge in [-0.2, -0.15) is 5.10 Å². The lowest BCUT2D eigenvalue weighted by molar-refractivity contribution is 1.09. The molecule has 0 spiro atoms. The molecule has 0 aliphatic heterocycles. The molecule has 0 saturated carbocycles. The Balaban J connectivity index is 0.000000202. The zero-order valence-electron chi connectivity index (χ0n) is 10.2. The Morgan fingerprint density at radius 1 is 0.722 bits per heavy atom. The van der Waals surface area contributed by atoms with E-state index in [1.54, 1.807) is 12.4 Å². The van der Waals surface area contributed by atoms with E-state index in [0.717, 1.165) is 6.42 Å². The number of benzene rings is 2. The van der Waals surface area contributed by atoms with E-state index in [9.17, 15) is 0 Å². The van der Waals surface area contributed by atoms with E-state index in [2.05, 4.69) is 70.9 Å². The van der Waals surface area contributed by atoms with Crippen LogP contribution in [0.4, 0.5) is 0 Å². The SMILES string of the molecule is c1ccc(Cc2ccccc2)cc1.c1cn[nH]c1. The van der Waals surface area contributed by atoms with Crippen LogP contribution in [0.2, 0.25) is 0 Å². The topological polar surface area (TPSA) is 28.7 Å². The molecule has 1 heterocycles. The molecule has 0 amide bonds. The molecule has 2 aromatic carbocycles. The summed E-state index contributed by atoms with van der Waals surface area (Å²) in [7, 11) is 0. The summed E-state index contributed by atoms with van der Waals surface area (Å²) in [5, 5.41) is 6.21. The van der Waals surface area contributed by atoms with E-state index in [1.807, 2.05) is 6.07 Å². The first-order valence-corrected chi connectivity index (χ1v) is 5.97. The fourth-order valence-corrected chi connectivity index (χ4v) is 1.64. The average Bonchev–Trinajstić information content (AvgIpc) is 3.00. The quantitative estimate of drug-likeness (QED) is 0.722. The van der Waals surface area contributed by atoms with Crippen LogP contribution < -0.4 is 0 Å². The number of rotatable bonds is 2. The highest BCUT2D eigenvalue weighted by Crippen LogP contribution is 2.07. The van der Waals surface area contributed by atoms with Crippen LogP contribution in [0.25, 0.3) is 0 Å². The Morgan fingerprint density at radius 3 is 1.61 bits per heavy atom. The fourth-order valence-electron chi connectivity index (χ4n) is 1.64. The Hall–Kier alpha value is -2.35. The minimum atomic E-state index is 1.03. The van der Waals surface area contributed by atoms with Gasteiger partial charge in [0, 0.05) is 12.4 Å². The summed E-state index contributed by atoms with van der Waals surface area (Å²) in [5.74, 6) is 0. The number of hydrogen-bond acceptors (Lipinski definition) is 1. The van der Waals surface area contributed by atoms with E-state index < -0.39 is 0 Å². The Kier molecular flexibility index (Phi) is 4.76. The molecule has 2 nitrogen and oxygen atoms in total. The number of aromatic nitrogens is 2. The van der Waals surface area contributed by atoms with Crippen molar-refractivity contribution in [2.75, 3.05) is 0 Å². The van der Waals surface area contributed by atoms with Crippen molar-refractivity contribution in [1.82, 2.24) is 10.2 Å². The lowest BCUT2D eigenvalue weighted by Gasteiger charge is -2.00. The molecule has 0 atom stereocenters. The van der Waals surface area contributed by atoms with Gasteiger partial charge in [-0.25, -0.2) is 0 Å². The van der Waals surface area contributed by atoms with Crippen LogP contribution >= 0.6 is 0 Å². The zero-order chi connectivity index (χ0) is 12.5. The molecule has 0 radical (unpaired) electrons. The second-order valence-corrected chi connectivity index (χ2v) is 3.91. The predicted octanol–water partition coefficient (Wildman–Crippen LogP) is 3.69. The number of nitrogens with one attached hydrogen (secondary N) is 1. The van der Waals surface area contributed by atoms with Crippen molar-refractivity contribution in [3.63, 3.8) is 0 Å². The molecule has 0 unspecified atom stereocenters. The van der Waals surface area contributed by atoms with Gasteiger partial charge < -0.3 is 0 Å². The molecule has 1 N–H and O–H groups in total. The number of aromatic amines is 1. The maximum absolute atomic E-state index is 3.60. The summed E-state index contributed by atoms with van der Waals surface area (Å²) in [5.41, 5.74) is 2.74. The molecule has 3 rings (SSSR count). The van der Waals surface area contributed by atoms with E-state index in [0.29, 0.717) is 0 Å². The van der Waals surface area contributed by atoms with Crippen molar-refractivity contribution in [2.24, 2.45) is 0 Å². The minimum absolute atomic E-state index is 1.03. The first kappa shape index (κ1) is 12.1. The Bertz CT molecular complexity index is 461. The molecule has 18 heavy (non-hydrogen) atoms. The van der Waals surface area contributed by atoms with Crippen LogP contribution in [0.3, 0.4) is 0 Å². The van der Waals surface area contributed by atoms with E-state index >= 15 is 0 Å². The van der Waals surface area contributed by atoms with Gasteiger partial charge in [0.2, 0.25) is 0 Å². The lowest BCUT2D eigenvalue weighted by atomic mass is 10.1. The number of hydrogen-bond donors (Lipinski definition) is 1. The van der Waals surface area contributed by atoms with Gasteiger partial charge in [0.1, 0.15) is 0 Å². The first-order valence-electron chi connectivity index (χ1n) is 5.97. The summed E-state index contributed by atoms with van der Waals surface area (Å²) in [6.07, 6.45) is 4.49. The zero-order valence-corrected chi connectivity index (χ0v) is 10.2. The number of H-pyrrole nitrogens is 1. The van der Waals surface area contributed by atoms with Gasteiger partial charge in [0.05, 0.1) is 0 Å². The van der Waals surface area contributed by atoms with Crippen molar-refractivity contribution in [3.05, 3.63) is 90.3 Å². The smallest absolute Gasteiger partial charge is 0.0487 e. The third-order valence-electron chi connectivity index (χ3n) is 2.50. The molecule has 3 aromatic rings. The molecule has 90 valence electrons. The second-order valence-electron chi connectivity index (χ2n) is 3.91. The van der Waals surface area contributed by atoms with Gasteiger partial charge in [-0.1, -0.05) is 60.7 Å². The Labute approximate surface area is 107 Å². The van der Waals surface area contributed by atoms with Gasteiger partial charge in [0.15, 0.2) is 0 Å². The second kappa shape index (κ2) is 7.07. The summed E-state index contributed by atoms with van der Waals surface area (Å²) < 4.78 is 0. The Morgan fingerprint density at radius 2 is 1.28 bits per heavy atom. The van der Waals surface area contributed by atoms with Crippen LogP contribution in [-0.4, -0.2) is 10.2 Å². The maximum Gasteiger partial charge on any atom is 0.0487 e. The standard InChI is InChI=1S/C13H12.C3H4N2/c1-3-7-12(8-4-1)11-13-9-5-2-6-10-13;1-2-4-5-3-1/h1-10H,11H2;1-3H,(H,4,5). The molecule has 0 aliphatic rings. The van der Waals surface area contributed by atoms with Crippen LogP contribution in [0.5, 0.6) is 0 Å². The summed E-state index contributed by atoms with van der Waals surface area (Å²) in [6, 6.07) is 22.9. The van der Waals surface area contributed by atoms with Gasteiger partial charge in [-0.3, -0.25) is 5.10 Å². The van der Waals surface area contributed by atoms with E-state index in [1.165, 1.54) is 11.1 Å². The highest BCUT2D eigenvalue weighted by Gasteiger charge is 1.92. The molecule has 0 aliphatic carbocycles. The summed E-state index contributed by atoms with van der Waals surface area (Å²) >= 11 is 0. The average molecular weight is 236 g/mol. The van der Waals surface area contributed by atoms with E-state index in [-0.39, 0.29) is 0 Å². The van der Waals surface area contributed by atoms with Crippen LogP contribution in [0.15, 0.2) is 79.1 Å². The minimum Gasteiger partial charge on any atom is -0.286 e. The predicted molar refractivity (Wildman–Crippen MR) is 74.3 cm³/mol. The van der Waals surface area contributed by atoms with Gasteiger partial charge in [-0.05, 0) is 23.6 Å². The molecule has 0 fully saturated rings. The van der Waals surface area contributed by atoms with Crippen molar-refractivity contribution in [2.45, 2.75) is 6.42 Å². The largest absolute Gasteiger partial charge is 0.286 e. The third-order valence-corrected chi connectivity index (χ3v) is 2.50. The molecule has 0 bridgehead atoms. The van der Waals surface area contributed by atoms with Crippen molar-refractivity contribution in [3.8, 4) is 0 Å². The summed E-state index contributed by atoms with van der Waals surface area (Å²) in [6.45, 7) is 0. The lowest BCUT2D eigenvalue weighted by Crippen LogP contribution is -1.85. The highest BCUT2D eigenvalue weighted by atomic mass is 15.1. The van der Waals surface area contributed by atoms with Crippen molar-refractivity contribution in [1.29, 1.82) is 0 Å².